The van der Waals surface area contributed by atoms with E-state index >= 15 is 0 Å². The van der Waals surface area contributed by atoms with Gasteiger partial charge in [-0.25, -0.2) is 0 Å². The number of halogens is 1. The second kappa shape index (κ2) is 11.4. The summed E-state index contributed by atoms with van der Waals surface area (Å²) in [6.45, 7) is 0. The van der Waals surface area contributed by atoms with Gasteiger partial charge >= 0.3 is 0 Å². The van der Waals surface area contributed by atoms with E-state index in [-0.39, 0.29) is 64.6 Å². The Morgan fingerprint density at radius 1 is 0.731 bits per heavy atom. The molecule has 2 N–H and O–H groups in total. The average molecular weight is 504 g/mol. The molecule has 2 atom stereocenters. The molecular weight excluding hydrogens is 482 g/mol. The molecule has 2 aromatic carbocycles. The first-order valence-electron chi connectivity index (χ1n) is 8.36. The fourth-order valence-corrected chi connectivity index (χ4v) is 2.98. The van der Waals surface area contributed by atoms with Gasteiger partial charge < -0.3 is 34.2 Å². The number of rotatable bonds is 4. The average Bonchev–Trinajstić information content (AvgIpc) is 2.61. The van der Waals surface area contributed by atoms with Crippen LogP contribution in [0.3, 0.4) is 0 Å². The third-order valence-electron chi connectivity index (χ3n) is 4.38. The normalized spacial score (nSPS) is 19.8. The Morgan fingerprint density at radius 2 is 1.12 bits per heavy atom. The Balaban J connectivity index is 0.00000169. The van der Waals surface area contributed by atoms with Gasteiger partial charge in [0.2, 0.25) is 0 Å². The SMILES string of the molecule is Oc1ccccc1C=N[C@@H]1CCCC[C@H]1N=Cc1ccccc1O.[I-].[Mn]. The fourth-order valence-electron chi connectivity index (χ4n) is 2.98. The van der Waals surface area contributed by atoms with E-state index in [9.17, 15) is 10.2 Å². The molecule has 1 fully saturated rings. The maximum atomic E-state index is 9.84. The third kappa shape index (κ3) is 6.11. The van der Waals surface area contributed by atoms with Crippen LogP contribution in [0.15, 0.2) is 58.5 Å². The topological polar surface area (TPSA) is 65.2 Å². The molecule has 0 aromatic heterocycles. The van der Waals surface area contributed by atoms with Gasteiger partial charge in [-0.1, -0.05) is 37.1 Å². The molecule has 4 nitrogen and oxygen atoms in total. The van der Waals surface area contributed by atoms with Gasteiger partial charge in [0.25, 0.3) is 0 Å². The van der Waals surface area contributed by atoms with Crippen molar-refractivity contribution >= 4 is 12.4 Å². The molecule has 1 aliphatic rings. The van der Waals surface area contributed by atoms with Gasteiger partial charge in [-0.2, -0.15) is 0 Å². The van der Waals surface area contributed by atoms with Gasteiger partial charge in [0.15, 0.2) is 0 Å². The van der Waals surface area contributed by atoms with E-state index in [1.54, 1.807) is 36.7 Å². The molecule has 0 spiro atoms. The van der Waals surface area contributed by atoms with Crippen LogP contribution in [0.2, 0.25) is 0 Å². The summed E-state index contributed by atoms with van der Waals surface area (Å²) >= 11 is 0. The number of phenolic OH excluding ortho intramolecular Hbond substituents is 2. The first kappa shape index (κ1) is 22.7. The predicted octanol–water partition coefficient (Wildman–Crippen LogP) is 0.948. The summed E-state index contributed by atoms with van der Waals surface area (Å²) < 4.78 is 0. The standard InChI is InChI=1S/C20H22N2O2.HI.Mn/c23-19-11-5-1-7-15(19)13-21-17-9-3-4-10-18(17)22-14-16-8-2-6-12-20(16)24;;/h1-2,5-8,11-14,17-18,23-24H,3-4,9-10H2;1H;/p-1/t17-,18-;;/m1../s1. The van der Waals surface area contributed by atoms with E-state index in [1.807, 2.05) is 24.3 Å². The number of nitrogens with zero attached hydrogens (tertiary/aromatic N) is 2. The van der Waals surface area contributed by atoms with Crippen LogP contribution in [0.25, 0.3) is 0 Å². The van der Waals surface area contributed by atoms with Crippen molar-refractivity contribution in [2.75, 3.05) is 0 Å². The molecule has 1 aliphatic carbocycles. The maximum Gasteiger partial charge on any atom is 0.124 e. The Kier molecular flexibility index (Phi) is 9.91. The van der Waals surface area contributed by atoms with E-state index in [0.29, 0.717) is 0 Å². The molecule has 0 bridgehead atoms. The Bertz CT molecular complexity index is 689. The Labute approximate surface area is 182 Å². The smallest absolute Gasteiger partial charge is 0.124 e. The van der Waals surface area contributed by atoms with Gasteiger partial charge in [-0.3, -0.25) is 9.98 Å². The summed E-state index contributed by atoms with van der Waals surface area (Å²) in [7, 11) is 0. The van der Waals surface area contributed by atoms with Crippen molar-refractivity contribution in [2.24, 2.45) is 9.98 Å². The molecule has 0 heterocycles. The van der Waals surface area contributed by atoms with Crippen LogP contribution < -0.4 is 24.0 Å². The molecule has 139 valence electrons. The van der Waals surface area contributed by atoms with E-state index in [1.165, 1.54) is 0 Å². The largest absolute Gasteiger partial charge is 1.00 e. The molecule has 26 heavy (non-hydrogen) atoms. The number of aliphatic imine (C=N–C) groups is 2. The van der Waals surface area contributed by atoms with Crippen molar-refractivity contribution in [1.29, 1.82) is 0 Å². The van der Waals surface area contributed by atoms with Gasteiger partial charge in [-0.15, -0.1) is 0 Å². The number of phenols is 2. The summed E-state index contributed by atoms with van der Waals surface area (Å²) in [5, 5.41) is 19.7. The van der Waals surface area contributed by atoms with E-state index in [2.05, 4.69) is 9.98 Å². The van der Waals surface area contributed by atoms with Gasteiger partial charge in [-0.05, 0) is 37.1 Å². The summed E-state index contributed by atoms with van der Waals surface area (Å²) in [6, 6.07) is 14.6. The van der Waals surface area contributed by atoms with E-state index in [0.717, 1.165) is 36.8 Å². The minimum absolute atomic E-state index is 0. The molecule has 0 saturated heterocycles. The number of hydrogen-bond acceptors (Lipinski definition) is 4. The zero-order chi connectivity index (χ0) is 16.8. The van der Waals surface area contributed by atoms with Crippen molar-refractivity contribution in [3.63, 3.8) is 0 Å². The quantitative estimate of drug-likeness (QED) is 0.370. The number of benzene rings is 2. The monoisotopic (exact) mass is 504 g/mol. The molecular formula is C20H22IMnN2O2-. The third-order valence-corrected chi connectivity index (χ3v) is 4.38. The van der Waals surface area contributed by atoms with Crippen LogP contribution in [-0.2, 0) is 17.1 Å². The molecule has 3 rings (SSSR count). The Hall–Kier alpha value is -1.37. The summed E-state index contributed by atoms with van der Waals surface area (Å²) in [6.07, 6.45) is 7.76. The molecule has 0 unspecified atom stereocenters. The first-order chi connectivity index (χ1) is 11.7. The van der Waals surface area contributed by atoms with Crippen LogP contribution in [0, 0.1) is 0 Å². The first-order valence-corrected chi connectivity index (χ1v) is 8.36. The fraction of sp³-hybridized carbons (Fsp3) is 0.300. The molecule has 1 saturated carbocycles. The van der Waals surface area contributed by atoms with Gasteiger partial charge in [0, 0.05) is 40.6 Å². The van der Waals surface area contributed by atoms with Gasteiger partial charge in [0.05, 0.1) is 12.1 Å². The van der Waals surface area contributed by atoms with Crippen molar-refractivity contribution in [3.8, 4) is 11.5 Å². The number of aromatic hydroxyl groups is 2. The van der Waals surface area contributed by atoms with Crippen LogP contribution in [0.4, 0.5) is 0 Å². The minimum atomic E-state index is 0. The van der Waals surface area contributed by atoms with E-state index < -0.39 is 0 Å². The summed E-state index contributed by atoms with van der Waals surface area (Å²) in [5.74, 6) is 0.484. The van der Waals surface area contributed by atoms with Crippen LogP contribution >= 0.6 is 0 Å². The van der Waals surface area contributed by atoms with Crippen LogP contribution in [-0.4, -0.2) is 34.7 Å². The van der Waals surface area contributed by atoms with Gasteiger partial charge in [0.1, 0.15) is 11.5 Å². The number of para-hydroxylation sites is 2. The minimum Gasteiger partial charge on any atom is -1.00 e. The van der Waals surface area contributed by atoms with Crippen molar-refractivity contribution < 1.29 is 51.3 Å². The van der Waals surface area contributed by atoms with Crippen LogP contribution in [0.1, 0.15) is 36.8 Å². The summed E-state index contributed by atoms with van der Waals surface area (Å²) in [5.41, 5.74) is 1.46. The second-order valence-electron chi connectivity index (χ2n) is 6.09. The zero-order valence-corrected chi connectivity index (χ0v) is 17.6. The molecule has 0 amide bonds. The molecule has 1 radical (unpaired) electrons. The van der Waals surface area contributed by atoms with Crippen molar-refractivity contribution in [2.45, 2.75) is 37.8 Å². The number of hydrogen-bond donors (Lipinski definition) is 2. The molecule has 6 heteroatoms. The predicted molar refractivity (Wildman–Crippen MR) is 97.4 cm³/mol. The van der Waals surface area contributed by atoms with E-state index in [4.69, 9.17) is 0 Å². The van der Waals surface area contributed by atoms with Crippen molar-refractivity contribution in [1.82, 2.24) is 0 Å². The molecule has 2 aromatic rings. The Morgan fingerprint density at radius 3 is 1.50 bits per heavy atom. The second-order valence-corrected chi connectivity index (χ2v) is 6.09. The van der Waals surface area contributed by atoms with Crippen molar-refractivity contribution in [3.05, 3.63) is 59.7 Å². The molecule has 0 aliphatic heterocycles. The zero-order valence-electron chi connectivity index (χ0n) is 14.3. The summed E-state index contributed by atoms with van der Waals surface area (Å²) in [4.78, 5) is 9.34. The van der Waals surface area contributed by atoms with Crippen LogP contribution in [0.5, 0.6) is 11.5 Å². The maximum absolute atomic E-state index is 9.84.